The second-order valence-corrected chi connectivity index (χ2v) is 10.1. The number of rotatable bonds is 4. The molecule has 1 aliphatic heterocycles. The van der Waals surface area contributed by atoms with E-state index in [1.54, 1.807) is 0 Å². The average molecular weight is 516 g/mol. The minimum absolute atomic E-state index is 0.640. The summed E-state index contributed by atoms with van der Waals surface area (Å²) < 4.78 is 6.22. The summed E-state index contributed by atoms with van der Waals surface area (Å²) in [6.07, 6.45) is 1.89. The Morgan fingerprint density at radius 3 is 2.05 bits per heavy atom. The number of pyridine rings is 1. The van der Waals surface area contributed by atoms with Crippen molar-refractivity contribution in [1.82, 2.24) is 4.98 Å². The Balaban J connectivity index is 1.28. The van der Waals surface area contributed by atoms with Crippen molar-refractivity contribution in [3.63, 3.8) is 0 Å². The second-order valence-electron chi connectivity index (χ2n) is 10.1. The van der Waals surface area contributed by atoms with Crippen LogP contribution in [0.4, 0.5) is 28.4 Å². The van der Waals surface area contributed by atoms with Crippen molar-refractivity contribution in [1.29, 1.82) is 0 Å². The van der Waals surface area contributed by atoms with Crippen LogP contribution in [0.1, 0.15) is 5.56 Å². The lowest BCUT2D eigenvalue weighted by atomic mass is 9.93. The van der Waals surface area contributed by atoms with Gasteiger partial charge in [0.1, 0.15) is 5.58 Å². The lowest BCUT2D eigenvalue weighted by Gasteiger charge is -2.33. The molecule has 190 valence electrons. The first-order valence-electron chi connectivity index (χ1n) is 13.5. The van der Waals surface area contributed by atoms with E-state index in [0.29, 0.717) is 5.71 Å². The van der Waals surface area contributed by atoms with Gasteiger partial charge >= 0.3 is 0 Å². The van der Waals surface area contributed by atoms with Crippen LogP contribution in [0.2, 0.25) is 0 Å². The zero-order valence-electron chi connectivity index (χ0n) is 21.7. The summed E-state index contributed by atoms with van der Waals surface area (Å²) in [5, 5.41) is 2.05. The van der Waals surface area contributed by atoms with Gasteiger partial charge in [0.15, 0.2) is 0 Å². The van der Waals surface area contributed by atoms with Gasteiger partial charge in [-0.15, -0.1) is 0 Å². The first-order chi connectivity index (χ1) is 19.8. The molecule has 0 saturated carbocycles. The van der Waals surface area contributed by atoms with Gasteiger partial charge in [0.05, 0.1) is 17.3 Å². The maximum Gasteiger partial charge on any atom is 0.227 e. The Hall–Kier alpha value is -5.35. The molecule has 4 heteroatoms. The molecular weight excluding hydrogens is 490 g/mol. The Bertz CT molecular complexity index is 1960. The number of benzene rings is 5. The van der Waals surface area contributed by atoms with Crippen LogP contribution in [0.15, 0.2) is 144 Å². The maximum atomic E-state index is 6.22. The van der Waals surface area contributed by atoms with Crippen LogP contribution in [0.5, 0.6) is 0 Å². The highest BCUT2D eigenvalue weighted by molar-refractivity contribution is 6.06. The third-order valence-electron chi connectivity index (χ3n) is 7.73. The van der Waals surface area contributed by atoms with E-state index in [4.69, 9.17) is 9.40 Å². The fraction of sp³-hybridized carbons (Fsp3) is 0.0278. The number of hydrogen-bond acceptors (Lipinski definition) is 4. The molecule has 0 bridgehead atoms. The van der Waals surface area contributed by atoms with Gasteiger partial charge in [-0.2, -0.15) is 0 Å². The van der Waals surface area contributed by atoms with Crippen molar-refractivity contribution in [3.05, 3.63) is 145 Å². The minimum Gasteiger partial charge on any atom is -0.438 e. The Morgan fingerprint density at radius 2 is 1.27 bits per heavy atom. The molecule has 0 saturated heterocycles. The van der Waals surface area contributed by atoms with Crippen molar-refractivity contribution >= 4 is 50.5 Å². The van der Waals surface area contributed by atoms with Gasteiger partial charge in [0.2, 0.25) is 5.71 Å². The lowest BCUT2D eigenvalue weighted by molar-refractivity contribution is 0.654. The van der Waals surface area contributed by atoms with E-state index >= 15 is 0 Å². The molecule has 7 aromatic rings. The van der Waals surface area contributed by atoms with Crippen LogP contribution in [-0.2, 0) is 6.54 Å². The van der Waals surface area contributed by atoms with Crippen LogP contribution in [0, 0.1) is 0 Å². The highest BCUT2D eigenvalue weighted by Crippen LogP contribution is 2.44. The van der Waals surface area contributed by atoms with Gasteiger partial charge in [-0.1, -0.05) is 78.9 Å². The molecule has 2 aromatic heterocycles. The second kappa shape index (κ2) is 9.14. The summed E-state index contributed by atoms with van der Waals surface area (Å²) in [5.41, 5.74) is 10.8. The van der Waals surface area contributed by atoms with Crippen molar-refractivity contribution in [2.75, 3.05) is 9.80 Å². The summed E-state index contributed by atoms with van der Waals surface area (Å²) in [6.45, 7) is 0.813. The molecule has 8 rings (SSSR count). The highest BCUT2D eigenvalue weighted by atomic mass is 16.3. The molecule has 0 atom stereocenters. The molecule has 4 nitrogen and oxygen atoms in total. The highest BCUT2D eigenvalue weighted by Gasteiger charge is 2.23. The first-order valence-corrected chi connectivity index (χ1v) is 13.5. The number of furan rings is 1. The molecular formula is C36H25N3O. The molecule has 0 unspecified atom stereocenters. The van der Waals surface area contributed by atoms with Crippen LogP contribution in [0.25, 0.3) is 33.2 Å². The molecule has 0 radical (unpaired) electrons. The third-order valence-corrected chi connectivity index (χ3v) is 7.73. The molecule has 40 heavy (non-hydrogen) atoms. The molecule has 0 aliphatic carbocycles. The van der Waals surface area contributed by atoms with Gasteiger partial charge in [-0.25, -0.2) is 4.98 Å². The van der Waals surface area contributed by atoms with Crippen LogP contribution >= 0.6 is 0 Å². The van der Waals surface area contributed by atoms with E-state index in [-0.39, 0.29) is 0 Å². The van der Waals surface area contributed by atoms with E-state index in [0.717, 1.165) is 45.6 Å². The smallest absolute Gasteiger partial charge is 0.227 e. The summed E-state index contributed by atoms with van der Waals surface area (Å²) in [7, 11) is 0. The Morgan fingerprint density at radius 1 is 0.600 bits per heavy atom. The summed E-state index contributed by atoms with van der Waals surface area (Å²) in [5.74, 6) is 0. The number of para-hydroxylation sites is 3. The van der Waals surface area contributed by atoms with Crippen molar-refractivity contribution < 1.29 is 4.42 Å². The minimum atomic E-state index is 0.640. The zero-order valence-corrected chi connectivity index (χ0v) is 21.7. The molecule has 0 fully saturated rings. The first kappa shape index (κ1) is 22.6. The van der Waals surface area contributed by atoms with Crippen molar-refractivity contribution in [2.24, 2.45) is 0 Å². The van der Waals surface area contributed by atoms with Crippen LogP contribution < -0.4 is 9.80 Å². The lowest BCUT2D eigenvalue weighted by Crippen LogP contribution is -2.21. The van der Waals surface area contributed by atoms with Crippen molar-refractivity contribution in [2.45, 2.75) is 6.54 Å². The fourth-order valence-electron chi connectivity index (χ4n) is 5.87. The van der Waals surface area contributed by atoms with E-state index < -0.39 is 0 Å². The monoisotopic (exact) mass is 515 g/mol. The quantitative estimate of drug-likeness (QED) is 0.234. The average Bonchev–Trinajstić information content (AvgIpc) is 3.39. The third kappa shape index (κ3) is 3.65. The number of anilines is 5. The van der Waals surface area contributed by atoms with E-state index in [9.17, 15) is 0 Å². The number of hydrogen-bond donors (Lipinski definition) is 0. The standard InChI is InChI=1S/C36H25N3O/c1-3-12-26(13-4-1)39(27-14-5-2-6-15-27)29-22-33-32-21-28(19-20-35(32)40-36(33)37-23-29)38-24-25-11-7-8-16-30(25)31-17-9-10-18-34(31)38/h1-23H,24H2. The molecule has 3 heterocycles. The van der Waals surface area contributed by atoms with Gasteiger partial charge in [-0.3, -0.25) is 0 Å². The molecule has 0 amide bonds. The molecule has 0 spiro atoms. The fourth-order valence-corrected chi connectivity index (χ4v) is 5.87. The Labute approximate surface area is 232 Å². The molecule has 1 aliphatic rings. The van der Waals surface area contributed by atoms with E-state index in [1.165, 1.54) is 22.4 Å². The number of nitrogens with zero attached hydrogens (tertiary/aromatic N) is 3. The van der Waals surface area contributed by atoms with Crippen molar-refractivity contribution in [3.8, 4) is 11.1 Å². The number of fused-ring (bicyclic) bond motifs is 6. The maximum absolute atomic E-state index is 6.22. The van der Waals surface area contributed by atoms with Gasteiger partial charge in [-0.05, 0) is 65.7 Å². The van der Waals surface area contributed by atoms with Gasteiger partial charge in [0.25, 0.3) is 0 Å². The largest absolute Gasteiger partial charge is 0.438 e. The van der Waals surface area contributed by atoms with Gasteiger partial charge in [0, 0.05) is 40.2 Å². The zero-order chi connectivity index (χ0) is 26.5. The predicted molar refractivity (Wildman–Crippen MR) is 164 cm³/mol. The van der Waals surface area contributed by atoms with E-state index in [1.807, 2.05) is 18.3 Å². The summed E-state index contributed by atoms with van der Waals surface area (Å²) >= 11 is 0. The molecule has 0 N–H and O–H groups in total. The summed E-state index contributed by atoms with van der Waals surface area (Å²) in [6, 6.07) is 46.8. The van der Waals surface area contributed by atoms with Gasteiger partial charge < -0.3 is 14.2 Å². The van der Waals surface area contributed by atoms with E-state index in [2.05, 4.69) is 131 Å². The predicted octanol–water partition coefficient (Wildman–Crippen LogP) is 9.77. The SMILES string of the molecule is c1ccc(N(c2ccccc2)c2cnc3oc4ccc(N5Cc6ccccc6-c6ccccc65)cc4c3c2)cc1. The topological polar surface area (TPSA) is 32.5 Å². The normalized spacial score (nSPS) is 12.3. The van der Waals surface area contributed by atoms with Crippen LogP contribution in [0.3, 0.4) is 0 Å². The van der Waals surface area contributed by atoms with Crippen LogP contribution in [-0.4, -0.2) is 4.98 Å². The summed E-state index contributed by atoms with van der Waals surface area (Å²) in [4.78, 5) is 9.40. The Kier molecular flexibility index (Phi) is 5.17. The number of aromatic nitrogens is 1. The molecule has 5 aromatic carbocycles.